The van der Waals surface area contributed by atoms with Gasteiger partial charge in [-0.3, -0.25) is 4.79 Å². The van der Waals surface area contributed by atoms with Gasteiger partial charge in [-0.05, 0) is 36.6 Å². The number of rotatable bonds is 5. The monoisotopic (exact) mass is 302 g/mol. The highest BCUT2D eigenvalue weighted by molar-refractivity contribution is 6.31. The van der Waals surface area contributed by atoms with Crippen LogP contribution in [0.5, 0.6) is 5.75 Å². The molecule has 2 nitrogen and oxygen atoms in total. The van der Waals surface area contributed by atoms with Crippen LogP contribution in [0, 0.1) is 0 Å². The predicted molar refractivity (Wildman–Crippen MR) is 85.8 cm³/mol. The number of para-hydroxylation sites is 1. The highest BCUT2D eigenvalue weighted by Gasteiger charge is 2.40. The Balaban J connectivity index is 2.38. The molecule has 0 saturated heterocycles. The van der Waals surface area contributed by atoms with Crippen molar-refractivity contribution in [3.05, 3.63) is 65.2 Å². The molecule has 0 bridgehead atoms. The van der Waals surface area contributed by atoms with Crippen LogP contribution in [0.4, 0.5) is 0 Å². The Morgan fingerprint density at radius 3 is 2.14 bits per heavy atom. The summed E-state index contributed by atoms with van der Waals surface area (Å²) >= 11 is 6.31. The van der Waals surface area contributed by atoms with Crippen molar-refractivity contribution in [3.63, 3.8) is 0 Å². The van der Waals surface area contributed by atoms with E-state index in [1.165, 1.54) is 0 Å². The van der Waals surface area contributed by atoms with Crippen LogP contribution in [0.25, 0.3) is 0 Å². The first-order chi connectivity index (χ1) is 10.1. The molecule has 3 heteroatoms. The summed E-state index contributed by atoms with van der Waals surface area (Å²) in [6.45, 7) is 3.97. The zero-order valence-electron chi connectivity index (χ0n) is 12.3. The van der Waals surface area contributed by atoms with Gasteiger partial charge in [-0.25, -0.2) is 0 Å². The van der Waals surface area contributed by atoms with Crippen LogP contribution in [0.2, 0.25) is 5.02 Å². The van der Waals surface area contributed by atoms with Crippen molar-refractivity contribution in [2.75, 3.05) is 0 Å². The highest BCUT2D eigenvalue weighted by atomic mass is 35.5. The number of ether oxygens (including phenoxy) is 1. The molecule has 0 saturated carbocycles. The van der Waals surface area contributed by atoms with Gasteiger partial charge in [0.05, 0.1) is 5.41 Å². The maximum Gasteiger partial charge on any atom is 0.321 e. The van der Waals surface area contributed by atoms with Crippen LogP contribution >= 0.6 is 11.6 Å². The number of benzene rings is 2. The van der Waals surface area contributed by atoms with Gasteiger partial charge in [0.1, 0.15) is 5.75 Å². The van der Waals surface area contributed by atoms with Crippen LogP contribution in [0.15, 0.2) is 54.6 Å². The van der Waals surface area contributed by atoms with Gasteiger partial charge >= 0.3 is 5.97 Å². The molecule has 0 atom stereocenters. The van der Waals surface area contributed by atoms with Crippen molar-refractivity contribution in [2.45, 2.75) is 32.1 Å². The summed E-state index contributed by atoms with van der Waals surface area (Å²) in [5.41, 5.74) is 0.117. The molecule has 0 amide bonds. The van der Waals surface area contributed by atoms with Crippen LogP contribution < -0.4 is 4.74 Å². The fourth-order valence-corrected chi connectivity index (χ4v) is 2.89. The number of halogens is 1. The average Bonchev–Trinajstić information content (AvgIpc) is 2.51. The van der Waals surface area contributed by atoms with E-state index in [1.54, 1.807) is 12.1 Å². The summed E-state index contributed by atoms with van der Waals surface area (Å²) in [7, 11) is 0. The third kappa shape index (κ3) is 3.11. The molecule has 21 heavy (non-hydrogen) atoms. The fourth-order valence-electron chi connectivity index (χ4n) is 2.57. The van der Waals surface area contributed by atoms with Gasteiger partial charge in [0.2, 0.25) is 0 Å². The zero-order valence-corrected chi connectivity index (χ0v) is 13.1. The molecule has 0 aromatic heterocycles. The molecule has 0 N–H and O–H groups in total. The molecule has 0 aliphatic carbocycles. The molecule has 0 heterocycles. The van der Waals surface area contributed by atoms with Crippen LogP contribution in [0.1, 0.15) is 32.3 Å². The van der Waals surface area contributed by atoms with E-state index >= 15 is 0 Å². The molecule has 2 rings (SSSR count). The van der Waals surface area contributed by atoms with E-state index in [1.807, 2.05) is 56.3 Å². The minimum Gasteiger partial charge on any atom is -0.426 e. The molecule has 0 unspecified atom stereocenters. The van der Waals surface area contributed by atoms with Crippen molar-refractivity contribution in [3.8, 4) is 5.75 Å². The van der Waals surface area contributed by atoms with Crippen molar-refractivity contribution in [1.29, 1.82) is 0 Å². The van der Waals surface area contributed by atoms with Crippen LogP contribution in [0.3, 0.4) is 0 Å². The van der Waals surface area contributed by atoms with Gasteiger partial charge in [-0.2, -0.15) is 0 Å². The largest absolute Gasteiger partial charge is 0.426 e. The summed E-state index contributed by atoms with van der Waals surface area (Å²) in [5.74, 6) is 0.299. The first kappa shape index (κ1) is 15.6. The van der Waals surface area contributed by atoms with E-state index in [0.29, 0.717) is 23.6 Å². The van der Waals surface area contributed by atoms with Gasteiger partial charge in [-0.1, -0.05) is 61.8 Å². The molecule has 2 aromatic carbocycles. The molecular weight excluding hydrogens is 284 g/mol. The summed E-state index contributed by atoms with van der Waals surface area (Å²) in [6.07, 6.45) is 1.28. The van der Waals surface area contributed by atoms with Gasteiger partial charge in [0.25, 0.3) is 0 Å². The lowest BCUT2D eigenvalue weighted by molar-refractivity contribution is -0.141. The van der Waals surface area contributed by atoms with E-state index in [-0.39, 0.29) is 5.97 Å². The van der Waals surface area contributed by atoms with Crippen molar-refractivity contribution in [2.24, 2.45) is 0 Å². The third-order valence-electron chi connectivity index (χ3n) is 3.94. The smallest absolute Gasteiger partial charge is 0.321 e. The average molecular weight is 303 g/mol. The lowest BCUT2D eigenvalue weighted by Crippen LogP contribution is -2.38. The second-order valence-corrected chi connectivity index (χ2v) is 5.38. The predicted octanol–water partition coefficient (Wildman–Crippen LogP) is 5.00. The van der Waals surface area contributed by atoms with Crippen LogP contribution in [-0.4, -0.2) is 5.97 Å². The molecular formula is C18H19ClO2. The van der Waals surface area contributed by atoms with Crippen LogP contribution in [-0.2, 0) is 10.2 Å². The number of esters is 1. The van der Waals surface area contributed by atoms with Gasteiger partial charge < -0.3 is 4.74 Å². The Kier molecular flexibility index (Phi) is 5.03. The molecule has 0 aliphatic rings. The SMILES string of the molecule is CCC(CC)(C(=O)Oc1ccccc1)c1ccccc1Cl. The molecule has 0 radical (unpaired) electrons. The molecule has 0 aliphatic heterocycles. The molecule has 110 valence electrons. The van der Waals surface area contributed by atoms with E-state index in [9.17, 15) is 4.79 Å². The number of hydrogen-bond donors (Lipinski definition) is 0. The maximum absolute atomic E-state index is 12.8. The zero-order chi connectivity index (χ0) is 15.3. The Hall–Kier alpha value is -1.80. The van der Waals surface area contributed by atoms with E-state index in [4.69, 9.17) is 16.3 Å². The number of carbonyl (C=O) groups is 1. The van der Waals surface area contributed by atoms with Gasteiger partial charge in [-0.15, -0.1) is 0 Å². The van der Waals surface area contributed by atoms with E-state index in [2.05, 4.69) is 0 Å². The fraction of sp³-hybridized carbons (Fsp3) is 0.278. The number of hydrogen-bond acceptors (Lipinski definition) is 2. The summed E-state index contributed by atoms with van der Waals surface area (Å²) in [5, 5.41) is 0.603. The second-order valence-electron chi connectivity index (χ2n) is 4.97. The lowest BCUT2D eigenvalue weighted by atomic mass is 9.76. The quantitative estimate of drug-likeness (QED) is 0.573. The first-order valence-electron chi connectivity index (χ1n) is 7.16. The van der Waals surface area contributed by atoms with E-state index < -0.39 is 5.41 Å². The first-order valence-corrected chi connectivity index (χ1v) is 7.54. The standard InChI is InChI=1S/C18H19ClO2/c1-3-18(4-2,15-12-8-9-13-16(15)19)17(20)21-14-10-6-5-7-11-14/h5-13H,3-4H2,1-2H3. The Morgan fingerprint density at radius 2 is 1.57 bits per heavy atom. The second kappa shape index (κ2) is 6.77. The minimum atomic E-state index is -0.714. The maximum atomic E-state index is 12.8. The summed E-state index contributed by atoms with van der Waals surface area (Å²) in [6, 6.07) is 16.6. The number of carbonyl (C=O) groups excluding carboxylic acids is 1. The molecule has 0 spiro atoms. The van der Waals surface area contributed by atoms with Crippen molar-refractivity contribution < 1.29 is 9.53 Å². The normalized spacial score (nSPS) is 11.2. The summed E-state index contributed by atoms with van der Waals surface area (Å²) < 4.78 is 5.57. The Labute approximate surface area is 130 Å². The van der Waals surface area contributed by atoms with Gasteiger partial charge in [0, 0.05) is 5.02 Å². The lowest BCUT2D eigenvalue weighted by Gasteiger charge is -2.30. The molecule has 0 fully saturated rings. The van der Waals surface area contributed by atoms with E-state index in [0.717, 1.165) is 5.56 Å². The Bertz CT molecular complexity index is 604. The van der Waals surface area contributed by atoms with Gasteiger partial charge in [0.15, 0.2) is 0 Å². The summed E-state index contributed by atoms with van der Waals surface area (Å²) in [4.78, 5) is 12.8. The Morgan fingerprint density at radius 1 is 1.00 bits per heavy atom. The topological polar surface area (TPSA) is 26.3 Å². The minimum absolute atomic E-state index is 0.258. The molecule has 2 aromatic rings. The van der Waals surface area contributed by atoms with Crippen molar-refractivity contribution >= 4 is 17.6 Å². The highest BCUT2D eigenvalue weighted by Crippen LogP contribution is 2.37. The third-order valence-corrected chi connectivity index (χ3v) is 4.27. The van der Waals surface area contributed by atoms with Crippen molar-refractivity contribution in [1.82, 2.24) is 0 Å².